The Labute approximate surface area is 174 Å². The van der Waals surface area contributed by atoms with Crippen molar-refractivity contribution >= 4 is 16.9 Å². The molecule has 3 aromatic heterocycles. The average Bonchev–Trinajstić information content (AvgIpc) is 3.10. The summed E-state index contributed by atoms with van der Waals surface area (Å²) in [5, 5.41) is 8.50. The summed E-state index contributed by atoms with van der Waals surface area (Å²) in [5.41, 5.74) is 4.41. The third-order valence-electron chi connectivity index (χ3n) is 4.87. The van der Waals surface area contributed by atoms with Crippen LogP contribution in [0.3, 0.4) is 0 Å². The van der Waals surface area contributed by atoms with Gasteiger partial charge in [0, 0.05) is 24.9 Å². The van der Waals surface area contributed by atoms with Crippen molar-refractivity contribution in [3.05, 3.63) is 72.1 Å². The number of carbonyl (C=O) groups excluding carboxylic acids is 1. The molecule has 152 valence electrons. The molecule has 3 heterocycles. The molecule has 0 saturated heterocycles. The highest BCUT2D eigenvalue weighted by Crippen LogP contribution is 2.31. The summed E-state index contributed by atoms with van der Waals surface area (Å²) in [6.45, 7) is 3.75. The van der Waals surface area contributed by atoms with Gasteiger partial charge in [0.25, 0.3) is 5.91 Å². The van der Waals surface area contributed by atoms with E-state index in [9.17, 15) is 4.79 Å². The molecule has 7 heteroatoms. The summed E-state index contributed by atoms with van der Waals surface area (Å²) < 4.78 is 7.42. The second kappa shape index (κ2) is 8.32. The molecule has 4 rings (SSSR count). The third kappa shape index (κ3) is 4.00. The quantitative estimate of drug-likeness (QED) is 0.534. The SMILES string of the molecule is Cc1cc(OCC(=O)NC(C)c2ccccn2)nc2c1c(-c1ccccc1)nn2C. The first-order chi connectivity index (χ1) is 14.5. The fourth-order valence-corrected chi connectivity index (χ4v) is 3.40. The molecular weight excluding hydrogens is 378 g/mol. The van der Waals surface area contributed by atoms with Crippen LogP contribution in [0.2, 0.25) is 0 Å². The number of rotatable bonds is 6. The highest BCUT2D eigenvalue weighted by Gasteiger charge is 2.17. The van der Waals surface area contributed by atoms with Crippen LogP contribution in [-0.2, 0) is 11.8 Å². The van der Waals surface area contributed by atoms with Crippen molar-refractivity contribution < 1.29 is 9.53 Å². The molecule has 1 atom stereocenters. The molecule has 30 heavy (non-hydrogen) atoms. The maximum atomic E-state index is 12.3. The van der Waals surface area contributed by atoms with Crippen LogP contribution in [0.15, 0.2) is 60.8 Å². The van der Waals surface area contributed by atoms with Gasteiger partial charge in [-0.1, -0.05) is 36.4 Å². The molecular formula is C23H23N5O2. The molecule has 0 spiro atoms. The zero-order valence-electron chi connectivity index (χ0n) is 17.2. The van der Waals surface area contributed by atoms with Gasteiger partial charge in [0.15, 0.2) is 12.3 Å². The van der Waals surface area contributed by atoms with Gasteiger partial charge in [-0.15, -0.1) is 0 Å². The first kappa shape index (κ1) is 19.6. The van der Waals surface area contributed by atoms with Gasteiger partial charge in [0.2, 0.25) is 5.88 Å². The van der Waals surface area contributed by atoms with Crippen molar-refractivity contribution in [1.29, 1.82) is 0 Å². The lowest BCUT2D eigenvalue weighted by Gasteiger charge is -2.13. The molecule has 4 aromatic rings. The maximum Gasteiger partial charge on any atom is 0.258 e. The van der Waals surface area contributed by atoms with Gasteiger partial charge >= 0.3 is 0 Å². The number of aryl methyl sites for hydroxylation is 2. The van der Waals surface area contributed by atoms with Crippen molar-refractivity contribution in [1.82, 2.24) is 25.1 Å². The monoisotopic (exact) mass is 401 g/mol. The highest BCUT2D eigenvalue weighted by atomic mass is 16.5. The largest absolute Gasteiger partial charge is 0.468 e. The van der Waals surface area contributed by atoms with Crippen molar-refractivity contribution in [3.8, 4) is 17.1 Å². The zero-order valence-corrected chi connectivity index (χ0v) is 17.2. The fraction of sp³-hybridized carbons (Fsp3) is 0.217. The Morgan fingerprint density at radius 1 is 1.17 bits per heavy atom. The van der Waals surface area contributed by atoms with E-state index in [1.54, 1.807) is 10.9 Å². The van der Waals surface area contributed by atoms with Crippen LogP contribution in [0.4, 0.5) is 0 Å². The Morgan fingerprint density at radius 2 is 1.93 bits per heavy atom. The average molecular weight is 401 g/mol. The minimum absolute atomic E-state index is 0.126. The Hall–Kier alpha value is -3.74. The molecule has 7 nitrogen and oxygen atoms in total. The first-order valence-corrected chi connectivity index (χ1v) is 9.76. The molecule has 0 aliphatic heterocycles. The molecule has 0 aliphatic rings. The Bertz CT molecular complexity index is 1170. The van der Waals surface area contributed by atoms with Crippen LogP contribution in [0, 0.1) is 6.92 Å². The number of carbonyl (C=O) groups is 1. The zero-order chi connectivity index (χ0) is 21.1. The number of ether oxygens (including phenoxy) is 1. The summed E-state index contributed by atoms with van der Waals surface area (Å²) in [4.78, 5) is 21.1. The van der Waals surface area contributed by atoms with E-state index in [-0.39, 0.29) is 18.6 Å². The second-order valence-electron chi connectivity index (χ2n) is 7.15. The number of aromatic nitrogens is 4. The summed E-state index contributed by atoms with van der Waals surface area (Å²) >= 11 is 0. The normalized spacial score (nSPS) is 12.0. The van der Waals surface area contributed by atoms with Gasteiger partial charge in [0.1, 0.15) is 5.69 Å². The minimum Gasteiger partial charge on any atom is -0.468 e. The number of amides is 1. The van der Waals surface area contributed by atoms with E-state index < -0.39 is 0 Å². The number of hydrogen-bond acceptors (Lipinski definition) is 5. The molecule has 0 saturated carbocycles. The van der Waals surface area contributed by atoms with Crippen molar-refractivity contribution in [2.24, 2.45) is 7.05 Å². The number of nitrogens with one attached hydrogen (secondary N) is 1. The van der Waals surface area contributed by atoms with Crippen LogP contribution in [0.5, 0.6) is 5.88 Å². The predicted octanol–water partition coefficient (Wildman–Crippen LogP) is 3.59. The van der Waals surface area contributed by atoms with Crippen LogP contribution in [0.1, 0.15) is 24.2 Å². The molecule has 0 fully saturated rings. The molecule has 0 bridgehead atoms. The summed E-state index contributed by atoms with van der Waals surface area (Å²) in [7, 11) is 1.85. The van der Waals surface area contributed by atoms with Crippen LogP contribution >= 0.6 is 0 Å². The number of benzene rings is 1. The van der Waals surface area contributed by atoms with Gasteiger partial charge in [-0.05, 0) is 31.5 Å². The van der Waals surface area contributed by atoms with Gasteiger partial charge in [0.05, 0.1) is 17.1 Å². The summed E-state index contributed by atoms with van der Waals surface area (Å²) in [5.74, 6) is 0.158. The van der Waals surface area contributed by atoms with E-state index in [0.29, 0.717) is 11.5 Å². The van der Waals surface area contributed by atoms with E-state index in [1.807, 2.05) is 75.5 Å². The molecule has 1 N–H and O–H groups in total. The minimum atomic E-state index is -0.234. The maximum absolute atomic E-state index is 12.3. The lowest BCUT2D eigenvalue weighted by atomic mass is 10.1. The van der Waals surface area contributed by atoms with Crippen molar-refractivity contribution in [2.45, 2.75) is 19.9 Å². The molecule has 1 aromatic carbocycles. The number of hydrogen-bond donors (Lipinski definition) is 1. The van der Waals surface area contributed by atoms with Gasteiger partial charge in [-0.3, -0.25) is 9.78 Å². The van der Waals surface area contributed by atoms with E-state index in [1.165, 1.54) is 0 Å². The van der Waals surface area contributed by atoms with Crippen molar-refractivity contribution in [3.63, 3.8) is 0 Å². The Morgan fingerprint density at radius 3 is 2.67 bits per heavy atom. The Kier molecular flexibility index (Phi) is 5.43. The second-order valence-corrected chi connectivity index (χ2v) is 7.15. The number of fused-ring (bicyclic) bond motifs is 1. The van der Waals surface area contributed by atoms with E-state index in [2.05, 4.69) is 20.4 Å². The first-order valence-electron chi connectivity index (χ1n) is 9.76. The smallest absolute Gasteiger partial charge is 0.258 e. The van der Waals surface area contributed by atoms with Crippen molar-refractivity contribution in [2.75, 3.05) is 6.61 Å². The van der Waals surface area contributed by atoms with Crippen LogP contribution in [-0.4, -0.2) is 32.3 Å². The third-order valence-corrected chi connectivity index (χ3v) is 4.87. The number of nitrogens with zero attached hydrogens (tertiary/aromatic N) is 4. The van der Waals surface area contributed by atoms with Gasteiger partial charge in [-0.25, -0.2) is 4.68 Å². The summed E-state index contributed by atoms with van der Waals surface area (Å²) in [6, 6.07) is 17.2. The standard InChI is InChI=1S/C23H23N5O2/c1-15-13-20(30-14-19(29)25-16(2)18-11-7-8-12-24-18)26-23-21(15)22(27-28(23)3)17-9-5-4-6-10-17/h4-13,16H,14H2,1-3H3,(H,25,29). The van der Waals surface area contributed by atoms with Crippen LogP contribution < -0.4 is 10.1 Å². The lowest BCUT2D eigenvalue weighted by molar-refractivity contribution is -0.123. The number of pyridine rings is 2. The Balaban J connectivity index is 1.50. The van der Waals surface area contributed by atoms with Gasteiger partial charge in [-0.2, -0.15) is 10.1 Å². The molecule has 0 aliphatic carbocycles. The highest BCUT2D eigenvalue weighted by molar-refractivity contribution is 5.94. The lowest BCUT2D eigenvalue weighted by Crippen LogP contribution is -2.31. The fourth-order valence-electron chi connectivity index (χ4n) is 3.40. The molecule has 0 radical (unpaired) electrons. The predicted molar refractivity (Wildman–Crippen MR) is 115 cm³/mol. The van der Waals surface area contributed by atoms with E-state index >= 15 is 0 Å². The molecule has 1 unspecified atom stereocenters. The summed E-state index contributed by atoms with van der Waals surface area (Å²) in [6.07, 6.45) is 1.70. The van der Waals surface area contributed by atoms with E-state index in [0.717, 1.165) is 27.9 Å². The topological polar surface area (TPSA) is 81.9 Å². The van der Waals surface area contributed by atoms with E-state index in [4.69, 9.17) is 4.74 Å². The van der Waals surface area contributed by atoms with Gasteiger partial charge < -0.3 is 10.1 Å². The van der Waals surface area contributed by atoms with Crippen LogP contribution in [0.25, 0.3) is 22.3 Å². The molecule has 1 amide bonds.